The van der Waals surface area contributed by atoms with Crippen LogP contribution in [-0.4, -0.2) is 34.6 Å². The summed E-state index contributed by atoms with van der Waals surface area (Å²) in [4.78, 5) is 25.9. The molecule has 6 heteroatoms. The summed E-state index contributed by atoms with van der Waals surface area (Å²) in [5.74, 6) is -0.154. The summed E-state index contributed by atoms with van der Waals surface area (Å²) < 4.78 is 5.07. The van der Waals surface area contributed by atoms with E-state index in [1.807, 2.05) is 0 Å². The number of rotatable bonds is 4. The number of aromatic nitrogens is 1. The first kappa shape index (κ1) is 14.9. The highest BCUT2D eigenvalue weighted by atomic mass is 16.6. The van der Waals surface area contributed by atoms with Crippen LogP contribution in [0.3, 0.4) is 0 Å². The maximum Gasteiger partial charge on any atom is 0.407 e. The first-order valence-corrected chi connectivity index (χ1v) is 5.93. The summed E-state index contributed by atoms with van der Waals surface area (Å²) in [5.41, 5.74) is 0.0664. The van der Waals surface area contributed by atoms with Gasteiger partial charge in [0.05, 0.1) is 0 Å². The van der Waals surface area contributed by atoms with E-state index in [2.05, 4.69) is 10.3 Å². The Morgan fingerprint density at radius 2 is 2.16 bits per heavy atom. The van der Waals surface area contributed by atoms with Crippen LogP contribution in [0.15, 0.2) is 12.1 Å². The van der Waals surface area contributed by atoms with Crippen molar-refractivity contribution in [3.8, 4) is 5.75 Å². The number of aromatic hydroxyl groups is 1. The quantitative estimate of drug-likeness (QED) is 0.809. The van der Waals surface area contributed by atoms with Crippen LogP contribution < -0.4 is 5.32 Å². The van der Waals surface area contributed by atoms with Gasteiger partial charge >= 0.3 is 6.09 Å². The fourth-order valence-electron chi connectivity index (χ4n) is 1.34. The van der Waals surface area contributed by atoms with Crippen molar-refractivity contribution in [1.82, 2.24) is 10.3 Å². The van der Waals surface area contributed by atoms with Gasteiger partial charge in [0.25, 0.3) is 0 Å². The standard InChI is InChI=1S/C13H18N2O4/c1-13(2,3)19-12(18)14-7-6-9-4-5-11(17)10(8-16)15-9/h4-5,8,17H,6-7H2,1-3H3,(H,14,18). The minimum atomic E-state index is -0.536. The maximum absolute atomic E-state index is 11.4. The Kier molecular flexibility index (Phi) is 4.86. The van der Waals surface area contributed by atoms with Gasteiger partial charge in [0.15, 0.2) is 6.29 Å². The van der Waals surface area contributed by atoms with Crippen molar-refractivity contribution in [3.63, 3.8) is 0 Å². The van der Waals surface area contributed by atoms with Crippen LogP contribution in [-0.2, 0) is 11.2 Å². The molecule has 0 saturated carbocycles. The van der Waals surface area contributed by atoms with Gasteiger partial charge in [-0.15, -0.1) is 0 Å². The van der Waals surface area contributed by atoms with Crippen molar-refractivity contribution in [1.29, 1.82) is 0 Å². The Morgan fingerprint density at radius 1 is 1.47 bits per heavy atom. The fraction of sp³-hybridized carbons (Fsp3) is 0.462. The van der Waals surface area contributed by atoms with E-state index in [4.69, 9.17) is 4.74 Å². The van der Waals surface area contributed by atoms with Crippen LogP contribution in [0, 0.1) is 0 Å². The molecule has 1 aromatic rings. The molecule has 0 aromatic carbocycles. The van der Waals surface area contributed by atoms with Crippen LogP contribution in [0.4, 0.5) is 4.79 Å². The van der Waals surface area contributed by atoms with Gasteiger partial charge in [-0.2, -0.15) is 0 Å². The lowest BCUT2D eigenvalue weighted by atomic mass is 10.2. The Balaban J connectivity index is 2.45. The normalized spacial score (nSPS) is 10.9. The fourth-order valence-corrected chi connectivity index (χ4v) is 1.34. The minimum Gasteiger partial charge on any atom is -0.506 e. The molecule has 19 heavy (non-hydrogen) atoms. The second-order valence-corrected chi connectivity index (χ2v) is 5.00. The molecular weight excluding hydrogens is 248 g/mol. The Bertz CT molecular complexity index is 466. The van der Waals surface area contributed by atoms with Crippen molar-refractivity contribution in [2.45, 2.75) is 32.8 Å². The van der Waals surface area contributed by atoms with Gasteiger partial charge in [0, 0.05) is 18.7 Å². The third kappa shape index (κ3) is 5.37. The zero-order valence-corrected chi connectivity index (χ0v) is 11.3. The second kappa shape index (κ2) is 6.17. The van der Waals surface area contributed by atoms with Gasteiger partial charge in [-0.3, -0.25) is 4.79 Å². The second-order valence-electron chi connectivity index (χ2n) is 5.00. The number of hydrogen-bond donors (Lipinski definition) is 2. The number of nitrogens with one attached hydrogen (secondary N) is 1. The van der Waals surface area contributed by atoms with Crippen LogP contribution in [0.25, 0.3) is 0 Å². The van der Waals surface area contributed by atoms with Gasteiger partial charge in [-0.1, -0.05) is 0 Å². The predicted molar refractivity (Wildman–Crippen MR) is 69.2 cm³/mol. The molecule has 104 valence electrons. The molecule has 6 nitrogen and oxygen atoms in total. The molecule has 1 rings (SSSR count). The highest BCUT2D eigenvalue weighted by Crippen LogP contribution is 2.12. The summed E-state index contributed by atoms with van der Waals surface area (Å²) in [7, 11) is 0. The Hall–Kier alpha value is -2.11. The smallest absolute Gasteiger partial charge is 0.407 e. The zero-order valence-electron chi connectivity index (χ0n) is 11.3. The van der Waals surface area contributed by atoms with E-state index in [1.54, 1.807) is 26.8 Å². The summed E-state index contributed by atoms with van der Waals surface area (Å²) in [6, 6.07) is 3.00. The first-order chi connectivity index (χ1) is 8.81. The van der Waals surface area contributed by atoms with Crippen LogP contribution >= 0.6 is 0 Å². The number of amides is 1. The van der Waals surface area contributed by atoms with Crippen molar-refractivity contribution in [3.05, 3.63) is 23.5 Å². The zero-order chi connectivity index (χ0) is 14.5. The number of ether oxygens (including phenoxy) is 1. The summed E-state index contributed by atoms with van der Waals surface area (Å²) in [6.07, 6.45) is 0.433. The number of hydrogen-bond acceptors (Lipinski definition) is 5. The van der Waals surface area contributed by atoms with Gasteiger partial charge < -0.3 is 15.2 Å². The number of nitrogens with zero attached hydrogens (tertiary/aromatic N) is 1. The summed E-state index contributed by atoms with van der Waals surface area (Å²) in [5, 5.41) is 11.9. The lowest BCUT2D eigenvalue weighted by molar-refractivity contribution is 0.0528. The van der Waals surface area contributed by atoms with E-state index < -0.39 is 11.7 Å². The minimum absolute atomic E-state index is 0.00484. The number of aldehydes is 1. The SMILES string of the molecule is CC(C)(C)OC(=O)NCCc1ccc(O)c(C=O)n1. The Morgan fingerprint density at radius 3 is 2.74 bits per heavy atom. The molecule has 0 fully saturated rings. The van der Waals surface area contributed by atoms with Gasteiger partial charge in [0.1, 0.15) is 17.0 Å². The van der Waals surface area contributed by atoms with E-state index in [-0.39, 0.29) is 11.4 Å². The van der Waals surface area contributed by atoms with E-state index in [1.165, 1.54) is 6.07 Å². The molecule has 0 bridgehead atoms. The third-order valence-corrected chi connectivity index (χ3v) is 2.12. The van der Waals surface area contributed by atoms with Gasteiger partial charge in [0.2, 0.25) is 0 Å². The van der Waals surface area contributed by atoms with E-state index in [0.717, 1.165) is 0 Å². The predicted octanol–water partition coefficient (Wildman–Crippen LogP) is 1.67. The van der Waals surface area contributed by atoms with Crippen molar-refractivity contribution >= 4 is 12.4 Å². The van der Waals surface area contributed by atoms with E-state index in [9.17, 15) is 14.7 Å². The maximum atomic E-state index is 11.4. The molecule has 1 heterocycles. The molecule has 0 unspecified atom stereocenters. The molecule has 0 aliphatic heterocycles. The monoisotopic (exact) mass is 266 g/mol. The average molecular weight is 266 g/mol. The van der Waals surface area contributed by atoms with E-state index in [0.29, 0.717) is 24.9 Å². The highest BCUT2D eigenvalue weighted by Gasteiger charge is 2.15. The molecule has 0 aliphatic rings. The number of alkyl carbamates (subject to hydrolysis) is 1. The topological polar surface area (TPSA) is 88.5 Å². The molecule has 0 atom stereocenters. The summed E-state index contributed by atoms with van der Waals surface area (Å²) in [6.45, 7) is 5.68. The number of pyridine rings is 1. The molecule has 2 N–H and O–H groups in total. The highest BCUT2D eigenvalue weighted by molar-refractivity contribution is 5.76. The largest absolute Gasteiger partial charge is 0.506 e. The average Bonchev–Trinajstić information content (AvgIpc) is 2.29. The molecule has 0 radical (unpaired) electrons. The lowest BCUT2D eigenvalue weighted by Gasteiger charge is -2.19. The molecule has 0 saturated heterocycles. The lowest BCUT2D eigenvalue weighted by Crippen LogP contribution is -2.33. The molecule has 0 spiro atoms. The van der Waals surface area contributed by atoms with Crippen molar-refractivity contribution in [2.75, 3.05) is 6.54 Å². The molecular formula is C13H18N2O4. The van der Waals surface area contributed by atoms with Gasteiger partial charge in [-0.25, -0.2) is 9.78 Å². The molecule has 1 aromatic heterocycles. The molecule has 0 aliphatic carbocycles. The van der Waals surface area contributed by atoms with E-state index >= 15 is 0 Å². The van der Waals surface area contributed by atoms with Crippen LogP contribution in [0.5, 0.6) is 5.75 Å². The van der Waals surface area contributed by atoms with Crippen molar-refractivity contribution < 1.29 is 19.4 Å². The first-order valence-electron chi connectivity index (χ1n) is 5.93. The number of carbonyl (C=O) groups excluding carboxylic acids is 2. The van der Waals surface area contributed by atoms with Crippen LogP contribution in [0.2, 0.25) is 0 Å². The Labute approximate surface area is 111 Å². The molecule has 1 amide bonds. The number of carbonyl (C=O) groups is 2. The van der Waals surface area contributed by atoms with Gasteiger partial charge in [-0.05, 0) is 32.9 Å². The van der Waals surface area contributed by atoms with Crippen LogP contribution in [0.1, 0.15) is 37.0 Å². The summed E-state index contributed by atoms with van der Waals surface area (Å²) >= 11 is 0. The van der Waals surface area contributed by atoms with Crippen molar-refractivity contribution in [2.24, 2.45) is 0 Å². The third-order valence-electron chi connectivity index (χ3n) is 2.12.